The molecule has 0 radical (unpaired) electrons. The van der Waals surface area contributed by atoms with Crippen LogP contribution in [-0.4, -0.2) is 29.1 Å². The number of hydrogen-bond donors (Lipinski definition) is 2. The van der Waals surface area contributed by atoms with Gasteiger partial charge in [0.25, 0.3) is 11.6 Å². The first-order valence-electron chi connectivity index (χ1n) is 6.72. The highest BCUT2D eigenvalue weighted by atomic mass is 35.5. The van der Waals surface area contributed by atoms with E-state index in [2.05, 4.69) is 5.32 Å². The second-order valence-electron chi connectivity index (χ2n) is 4.97. The van der Waals surface area contributed by atoms with Crippen molar-refractivity contribution in [1.29, 1.82) is 0 Å². The maximum atomic E-state index is 12.1. The lowest BCUT2D eigenvalue weighted by Gasteiger charge is -2.29. The van der Waals surface area contributed by atoms with Crippen LogP contribution in [0.3, 0.4) is 0 Å². The number of carbonyl (C=O) groups is 1. The highest BCUT2D eigenvalue weighted by molar-refractivity contribution is 6.34. The molecular formula is C14H19ClN2O4. The van der Waals surface area contributed by atoms with Crippen LogP contribution in [0.25, 0.3) is 0 Å². The number of aliphatic hydroxyl groups is 1. The lowest BCUT2D eigenvalue weighted by Crippen LogP contribution is -2.39. The molecule has 0 aromatic heterocycles. The summed E-state index contributed by atoms with van der Waals surface area (Å²) < 4.78 is 0. The minimum absolute atomic E-state index is 0.0196. The maximum absolute atomic E-state index is 12.1. The monoisotopic (exact) mass is 314 g/mol. The van der Waals surface area contributed by atoms with Crippen molar-refractivity contribution in [1.82, 2.24) is 5.32 Å². The van der Waals surface area contributed by atoms with Crippen molar-refractivity contribution < 1.29 is 14.8 Å². The molecule has 1 aromatic carbocycles. The predicted octanol–water partition coefficient (Wildman–Crippen LogP) is 2.78. The van der Waals surface area contributed by atoms with Gasteiger partial charge in [-0.05, 0) is 18.9 Å². The summed E-state index contributed by atoms with van der Waals surface area (Å²) in [6.07, 6.45) is 1.46. The first-order valence-corrected chi connectivity index (χ1v) is 7.10. The highest BCUT2D eigenvalue weighted by Crippen LogP contribution is 2.26. The van der Waals surface area contributed by atoms with Gasteiger partial charge >= 0.3 is 0 Å². The number of nitro benzene ring substituents is 1. The number of nitrogens with zero attached hydrogens (tertiary/aromatic N) is 1. The molecule has 0 aliphatic carbocycles. The fourth-order valence-electron chi connectivity index (χ4n) is 1.94. The number of halogens is 1. The molecule has 0 fully saturated rings. The van der Waals surface area contributed by atoms with Crippen LogP contribution in [0, 0.1) is 15.5 Å². The summed E-state index contributed by atoms with van der Waals surface area (Å²) in [6, 6.07) is 3.71. The average molecular weight is 315 g/mol. The molecule has 1 aromatic rings. The first kappa shape index (κ1) is 17.4. The van der Waals surface area contributed by atoms with Crippen LogP contribution in [0.1, 0.15) is 37.0 Å². The van der Waals surface area contributed by atoms with Gasteiger partial charge in [-0.2, -0.15) is 0 Å². The molecule has 21 heavy (non-hydrogen) atoms. The molecule has 0 heterocycles. The summed E-state index contributed by atoms with van der Waals surface area (Å²) in [5, 5.41) is 22.8. The van der Waals surface area contributed by atoms with Gasteiger partial charge in [0.15, 0.2) is 0 Å². The third kappa shape index (κ3) is 4.15. The zero-order valence-electron chi connectivity index (χ0n) is 12.1. The molecule has 0 bridgehead atoms. The van der Waals surface area contributed by atoms with Crippen molar-refractivity contribution in [2.45, 2.75) is 26.7 Å². The lowest BCUT2D eigenvalue weighted by atomic mass is 9.83. The van der Waals surface area contributed by atoms with Gasteiger partial charge in [-0.15, -0.1) is 0 Å². The SMILES string of the molecule is CCC(CC)(CO)CNC(=O)c1ccc([N+](=O)[O-])cc1Cl. The van der Waals surface area contributed by atoms with Gasteiger partial charge < -0.3 is 10.4 Å². The molecule has 0 aliphatic heterocycles. The number of aliphatic hydroxyl groups excluding tert-OH is 1. The van der Waals surface area contributed by atoms with E-state index in [1.807, 2.05) is 13.8 Å². The molecule has 0 aliphatic rings. The van der Waals surface area contributed by atoms with E-state index in [4.69, 9.17) is 11.6 Å². The van der Waals surface area contributed by atoms with E-state index in [0.29, 0.717) is 6.54 Å². The number of nitrogens with one attached hydrogen (secondary N) is 1. The number of non-ortho nitro benzene ring substituents is 1. The molecule has 7 heteroatoms. The molecule has 0 unspecified atom stereocenters. The number of nitro groups is 1. The van der Waals surface area contributed by atoms with Gasteiger partial charge in [0.05, 0.1) is 22.1 Å². The maximum Gasteiger partial charge on any atom is 0.270 e. The fraction of sp³-hybridized carbons (Fsp3) is 0.500. The van der Waals surface area contributed by atoms with E-state index >= 15 is 0 Å². The van der Waals surface area contributed by atoms with Gasteiger partial charge in [-0.25, -0.2) is 0 Å². The van der Waals surface area contributed by atoms with Crippen LogP contribution in [-0.2, 0) is 0 Å². The smallest absolute Gasteiger partial charge is 0.270 e. The van der Waals surface area contributed by atoms with Crippen LogP contribution in [0.5, 0.6) is 0 Å². The topological polar surface area (TPSA) is 92.5 Å². The molecule has 0 saturated carbocycles. The van der Waals surface area contributed by atoms with Crippen molar-refractivity contribution in [2.24, 2.45) is 5.41 Å². The number of rotatable bonds is 7. The molecule has 0 spiro atoms. The molecule has 0 atom stereocenters. The molecule has 1 rings (SSSR count). The van der Waals surface area contributed by atoms with E-state index in [9.17, 15) is 20.0 Å². The Morgan fingerprint density at radius 2 is 2.05 bits per heavy atom. The van der Waals surface area contributed by atoms with Gasteiger partial charge in [0, 0.05) is 24.1 Å². The minimum atomic E-state index is -0.571. The van der Waals surface area contributed by atoms with E-state index in [-0.39, 0.29) is 28.3 Å². The third-order valence-electron chi connectivity index (χ3n) is 3.87. The Hall–Kier alpha value is -1.66. The summed E-state index contributed by atoms with van der Waals surface area (Å²) in [6.45, 7) is 4.20. The van der Waals surface area contributed by atoms with Crippen LogP contribution >= 0.6 is 11.6 Å². The Morgan fingerprint density at radius 3 is 2.48 bits per heavy atom. The van der Waals surface area contributed by atoms with Crippen LogP contribution in [0.2, 0.25) is 5.02 Å². The summed E-state index contributed by atoms with van der Waals surface area (Å²) in [5.74, 6) is -0.408. The lowest BCUT2D eigenvalue weighted by molar-refractivity contribution is -0.384. The minimum Gasteiger partial charge on any atom is -0.396 e. The second-order valence-corrected chi connectivity index (χ2v) is 5.38. The van der Waals surface area contributed by atoms with E-state index in [0.717, 1.165) is 18.9 Å². The van der Waals surface area contributed by atoms with Crippen molar-refractivity contribution >= 4 is 23.2 Å². The Bertz CT molecular complexity index is 521. The Balaban J connectivity index is 2.83. The van der Waals surface area contributed by atoms with E-state index < -0.39 is 10.8 Å². The standard InChI is InChI=1S/C14H19ClN2O4/c1-3-14(4-2,9-18)8-16-13(19)11-6-5-10(17(20)21)7-12(11)15/h5-7,18H,3-4,8-9H2,1-2H3,(H,16,19). The zero-order chi connectivity index (χ0) is 16.0. The summed E-state index contributed by atoms with van der Waals surface area (Å²) in [5.41, 5.74) is -0.340. The van der Waals surface area contributed by atoms with Crippen LogP contribution < -0.4 is 5.32 Å². The average Bonchev–Trinajstić information content (AvgIpc) is 2.48. The van der Waals surface area contributed by atoms with Crippen molar-refractivity contribution in [3.63, 3.8) is 0 Å². The normalized spacial score (nSPS) is 11.2. The highest BCUT2D eigenvalue weighted by Gasteiger charge is 2.26. The number of amides is 1. The Kier molecular flexibility index (Phi) is 6.11. The third-order valence-corrected chi connectivity index (χ3v) is 4.18. The number of carbonyl (C=O) groups excluding carboxylic acids is 1. The quantitative estimate of drug-likeness (QED) is 0.598. The molecule has 116 valence electrons. The Morgan fingerprint density at radius 1 is 1.43 bits per heavy atom. The predicted molar refractivity (Wildman–Crippen MR) is 80.5 cm³/mol. The van der Waals surface area contributed by atoms with E-state index in [1.54, 1.807) is 0 Å². The van der Waals surface area contributed by atoms with Crippen molar-refractivity contribution in [2.75, 3.05) is 13.2 Å². The van der Waals surface area contributed by atoms with Crippen molar-refractivity contribution in [3.05, 3.63) is 38.9 Å². The Labute approximate surface area is 128 Å². The van der Waals surface area contributed by atoms with Gasteiger partial charge in [0.2, 0.25) is 0 Å². The summed E-state index contributed by atoms with van der Waals surface area (Å²) in [4.78, 5) is 22.1. The first-order chi connectivity index (χ1) is 9.89. The number of hydrogen-bond acceptors (Lipinski definition) is 4. The van der Waals surface area contributed by atoms with Gasteiger partial charge in [-0.1, -0.05) is 25.4 Å². The van der Waals surface area contributed by atoms with E-state index in [1.165, 1.54) is 12.1 Å². The summed E-state index contributed by atoms with van der Waals surface area (Å²) >= 11 is 5.91. The number of benzene rings is 1. The largest absolute Gasteiger partial charge is 0.396 e. The van der Waals surface area contributed by atoms with Crippen LogP contribution in [0.15, 0.2) is 18.2 Å². The van der Waals surface area contributed by atoms with Crippen LogP contribution in [0.4, 0.5) is 5.69 Å². The summed E-state index contributed by atoms with van der Waals surface area (Å²) in [7, 11) is 0. The fourth-order valence-corrected chi connectivity index (χ4v) is 2.20. The second kappa shape index (κ2) is 7.38. The molecule has 6 nitrogen and oxygen atoms in total. The molecule has 1 amide bonds. The van der Waals surface area contributed by atoms with Gasteiger partial charge in [-0.3, -0.25) is 14.9 Å². The molecular weight excluding hydrogens is 296 g/mol. The molecule has 2 N–H and O–H groups in total. The van der Waals surface area contributed by atoms with Crippen molar-refractivity contribution in [3.8, 4) is 0 Å². The molecule has 0 saturated heterocycles. The van der Waals surface area contributed by atoms with Gasteiger partial charge in [0.1, 0.15) is 0 Å². The zero-order valence-corrected chi connectivity index (χ0v) is 12.8.